The molecule has 2 N–H and O–H groups in total. The monoisotopic (exact) mass is 345 g/mol. The highest BCUT2D eigenvalue weighted by Crippen LogP contribution is 2.24. The summed E-state index contributed by atoms with van der Waals surface area (Å²) in [5.74, 6) is 1.38. The van der Waals surface area contributed by atoms with Crippen LogP contribution < -0.4 is 14.8 Å². The molecule has 2 aromatic rings. The van der Waals surface area contributed by atoms with Gasteiger partial charge in [-0.2, -0.15) is 15.4 Å². The average Bonchev–Trinajstić information content (AvgIpc) is 3.23. The predicted octanol–water partition coefficient (Wildman–Crippen LogP) is 1.13. The maximum absolute atomic E-state index is 12.2. The van der Waals surface area contributed by atoms with E-state index in [1.54, 1.807) is 21.1 Å². The number of aromatic amines is 1. The van der Waals surface area contributed by atoms with Gasteiger partial charge < -0.3 is 14.8 Å². The number of rotatable bonds is 6. The van der Waals surface area contributed by atoms with E-state index < -0.39 is 0 Å². The first-order valence-electron chi connectivity index (χ1n) is 8.21. The lowest BCUT2D eigenvalue weighted by atomic mass is 10.2. The van der Waals surface area contributed by atoms with Crippen LogP contribution in [0, 0.1) is 6.92 Å². The SMILES string of the molecule is COc1cc(CN2CC[C@@H](NC(=O)c3n[nH]nc3C)C2)cc(OC)c1. The van der Waals surface area contributed by atoms with Crippen LogP contribution in [0.2, 0.25) is 0 Å². The molecule has 0 radical (unpaired) electrons. The number of aryl methyl sites for hydroxylation is 1. The lowest BCUT2D eigenvalue weighted by Gasteiger charge is -2.17. The van der Waals surface area contributed by atoms with Crippen molar-refractivity contribution in [3.05, 3.63) is 35.2 Å². The Kier molecular flexibility index (Phi) is 5.18. The third-order valence-corrected chi connectivity index (χ3v) is 4.36. The number of benzene rings is 1. The predicted molar refractivity (Wildman–Crippen MR) is 91.8 cm³/mol. The van der Waals surface area contributed by atoms with E-state index in [0.29, 0.717) is 11.4 Å². The minimum atomic E-state index is -0.179. The fourth-order valence-electron chi connectivity index (χ4n) is 3.06. The summed E-state index contributed by atoms with van der Waals surface area (Å²) in [6.45, 7) is 4.25. The van der Waals surface area contributed by atoms with Gasteiger partial charge in [-0.25, -0.2) is 0 Å². The van der Waals surface area contributed by atoms with Crippen molar-refractivity contribution >= 4 is 5.91 Å². The third kappa shape index (κ3) is 4.08. The van der Waals surface area contributed by atoms with Gasteiger partial charge in [-0.1, -0.05) is 0 Å². The van der Waals surface area contributed by atoms with E-state index in [1.807, 2.05) is 18.2 Å². The lowest BCUT2D eigenvalue weighted by Crippen LogP contribution is -2.37. The van der Waals surface area contributed by atoms with Gasteiger partial charge in [0.25, 0.3) is 5.91 Å². The zero-order valence-corrected chi connectivity index (χ0v) is 14.7. The molecule has 0 aliphatic carbocycles. The van der Waals surface area contributed by atoms with Gasteiger partial charge in [0.05, 0.1) is 19.9 Å². The molecule has 8 heteroatoms. The number of nitrogens with one attached hydrogen (secondary N) is 2. The topological polar surface area (TPSA) is 92.4 Å². The van der Waals surface area contributed by atoms with Crippen molar-refractivity contribution in [3.8, 4) is 11.5 Å². The van der Waals surface area contributed by atoms with Crippen molar-refractivity contribution in [1.29, 1.82) is 0 Å². The van der Waals surface area contributed by atoms with Gasteiger partial charge in [0.15, 0.2) is 5.69 Å². The summed E-state index contributed by atoms with van der Waals surface area (Å²) < 4.78 is 10.6. The zero-order chi connectivity index (χ0) is 17.8. The highest BCUT2D eigenvalue weighted by Gasteiger charge is 2.25. The minimum Gasteiger partial charge on any atom is -0.497 e. The number of hydrogen-bond donors (Lipinski definition) is 2. The fraction of sp³-hybridized carbons (Fsp3) is 0.471. The molecule has 2 heterocycles. The Morgan fingerprint density at radius 1 is 1.28 bits per heavy atom. The van der Waals surface area contributed by atoms with Crippen molar-refractivity contribution in [2.45, 2.75) is 25.9 Å². The largest absolute Gasteiger partial charge is 0.497 e. The van der Waals surface area contributed by atoms with E-state index in [-0.39, 0.29) is 11.9 Å². The van der Waals surface area contributed by atoms with Gasteiger partial charge in [0.1, 0.15) is 11.5 Å². The summed E-state index contributed by atoms with van der Waals surface area (Å²) in [7, 11) is 3.29. The lowest BCUT2D eigenvalue weighted by molar-refractivity contribution is 0.0932. The standard InChI is InChI=1S/C17H23N5O3/c1-11-16(20-21-19-11)17(23)18-13-4-5-22(10-13)9-12-6-14(24-2)8-15(7-12)25-3/h6-8,13H,4-5,9-10H2,1-3H3,(H,18,23)(H,19,20,21)/t13-/m1/s1. The number of amides is 1. The van der Waals surface area contributed by atoms with E-state index in [1.165, 1.54) is 0 Å². The molecule has 1 amide bonds. The molecule has 0 unspecified atom stereocenters. The van der Waals surface area contributed by atoms with Crippen molar-refractivity contribution in [2.75, 3.05) is 27.3 Å². The van der Waals surface area contributed by atoms with Crippen molar-refractivity contribution in [2.24, 2.45) is 0 Å². The minimum absolute atomic E-state index is 0.108. The number of nitrogens with zero attached hydrogens (tertiary/aromatic N) is 3. The summed E-state index contributed by atoms with van der Waals surface area (Å²) >= 11 is 0. The maximum atomic E-state index is 12.2. The van der Waals surface area contributed by atoms with Crippen LogP contribution in [-0.4, -0.2) is 59.6 Å². The highest BCUT2D eigenvalue weighted by atomic mass is 16.5. The van der Waals surface area contributed by atoms with E-state index >= 15 is 0 Å². The first kappa shape index (κ1) is 17.2. The Bertz CT molecular complexity index is 723. The Morgan fingerprint density at radius 3 is 2.60 bits per heavy atom. The number of carbonyl (C=O) groups is 1. The summed E-state index contributed by atoms with van der Waals surface area (Å²) in [6, 6.07) is 5.98. The van der Waals surface area contributed by atoms with Crippen LogP contribution in [0.1, 0.15) is 28.2 Å². The van der Waals surface area contributed by atoms with Crippen LogP contribution in [0.4, 0.5) is 0 Å². The summed E-state index contributed by atoms with van der Waals surface area (Å²) in [5, 5.41) is 13.3. The normalized spacial score (nSPS) is 17.5. The Labute approximate surface area is 146 Å². The fourth-order valence-corrected chi connectivity index (χ4v) is 3.06. The van der Waals surface area contributed by atoms with Crippen LogP contribution in [0.25, 0.3) is 0 Å². The van der Waals surface area contributed by atoms with Gasteiger partial charge in [0, 0.05) is 31.7 Å². The molecule has 8 nitrogen and oxygen atoms in total. The Balaban J connectivity index is 1.58. The third-order valence-electron chi connectivity index (χ3n) is 4.36. The van der Waals surface area contributed by atoms with E-state index in [0.717, 1.165) is 43.1 Å². The van der Waals surface area contributed by atoms with Crippen LogP contribution in [0.3, 0.4) is 0 Å². The van der Waals surface area contributed by atoms with Gasteiger partial charge in [-0.3, -0.25) is 9.69 Å². The van der Waals surface area contributed by atoms with Gasteiger partial charge in [0.2, 0.25) is 0 Å². The molecule has 1 aromatic carbocycles. The average molecular weight is 345 g/mol. The first-order valence-corrected chi connectivity index (χ1v) is 8.21. The molecular weight excluding hydrogens is 322 g/mol. The molecule has 1 saturated heterocycles. The first-order chi connectivity index (χ1) is 12.1. The molecule has 1 atom stereocenters. The molecule has 3 rings (SSSR count). The summed E-state index contributed by atoms with van der Waals surface area (Å²) in [5.41, 5.74) is 2.09. The van der Waals surface area contributed by atoms with Crippen molar-refractivity contribution < 1.29 is 14.3 Å². The number of likely N-dealkylation sites (tertiary alicyclic amines) is 1. The van der Waals surface area contributed by atoms with Gasteiger partial charge in [-0.05, 0) is 31.0 Å². The number of methoxy groups -OCH3 is 2. The van der Waals surface area contributed by atoms with Gasteiger partial charge in [-0.15, -0.1) is 0 Å². The number of H-pyrrole nitrogens is 1. The zero-order valence-electron chi connectivity index (χ0n) is 14.7. The van der Waals surface area contributed by atoms with Crippen molar-refractivity contribution in [3.63, 3.8) is 0 Å². The molecule has 25 heavy (non-hydrogen) atoms. The maximum Gasteiger partial charge on any atom is 0.274 e. The van der Waals surface area contributed by atoms with E-state index in [9.17, 15) is 4.79 Å². The number of carbonyl (C=O) groups excluding carboxylic acids is 1. The molecule has 0 saturated carbocycles. The Morgan fingerprint density at radius 2 is 2.00 bits per heavy atom. The molecule has 1 aliphatic heterocycles. The molecule has 1 fully saturated rings. The number of ether oxygens (including phenoxy) is 2. The number of hydrogen-bond acceptors (Lipinski definition) is 6. The molecule has 134 valence electrons. The van der Waals surface area contributed by atoms with E-state index in [4.69, 9.17) is 9.47 Å². The van der Waals surface area contributed by atoms with Crippen LogP contribution >= 0.6 is 0 Å². The summed E-state index contributed by atoms with van der Waals surface area (Å²) in [4.78, 5) is 14.5. The van der Waals surface area contributed by atoms with Crippen molar-refractivity contribution in [1.82, 2.24) is 25.6 Å². The molecule has 0 bridgehead atoms. The van der Waals surface area contributed by atoms with Crippen LogP contribution in [0.15, 0.2) is 18.2 Å². The molecule has 1 aliphatic rings. The van der Waals surface area contributed by atoms with Crippen LogP contribution in [-0.2, 0) is 6.54 Å². The second kappa shape index (κ2) is 7.52. The Hall–Kier alpha value is -2.61. The molecule has 0 spiro atoms. The second-order valence-corrected chi connectivity index (χ2v) is 6.17. The highest BCUT2D eigenvalue weighted by molar-refractivity contribution is 5.93. The second-order valence-electron chi connectivity index (χ2n) is 6.17. The quantitative estimate of drug-likeness (QED) is 0.815. The smallest absolute Gasteiger partial charge is 0.274 e. The van der Waals surface area contributed by atoms with Crippen LogP contribution in [0.5, 0.6) is 11.5 Å². The van der Waals surface area contributed by atoms with Gasteiger partial charge >= 0.3 is 0 Å². The molecule has 1 aromatic heterocycles. The van der Waals surface area contributed by atoms with E-state index in [2.05, 4.69) is 25.6 Å². The number of aromatic nitrogens is 3. The molecular formula is C17H23N5O3. The summed E-state index contributed by atoms with van der Waals surface area (Å²) in [6.07, 6.45) is 0.906.